The van der Waals surface area contributed by atoms with E-state index in [2.05, 4.69) is 29.8 Å². The quantitative estimate of drug-likeness (QED) is 0.708. The number of halogens is 1. The van der Waals surface area contributed by atoms with Crippen LogP contribution in [0.15, 0.2) is 0 Å². The first-order valence-electron chi connectivity index (χ1n) is 3.42. The summed E-state index contributed by atoms with van der Waals surface area (Å²) in [5, 5.41) is 0.376. The molecule has 2 nitrogen and oxygen atoms in total. The lowest BCUT2D eigenvalue weighted by Gasteiger charge is -2.10. The van der Waals surface area contributed by atoms with Crippen molar-refractivity contribution in [3.05, 3.63) is 0 Å². The molecule has 3 heteroatoms. The normalized spacial score (nSPS) is 13.7. The highest BCUT2D eigenvalue weighted by Gasteiger charge is 2.12. The van der Waals surface area contributed by atoms with Gasteiger partial charge in [-0.3, -0.25) is 4.79 Å². The molecule has 0 fully saturated rings. The molecule has 0 aliphatic heterocycles. The van der Waals surface area contributed by atoms with E-state index in [1.807, 2.05) is 0 Å². The summed E-state index contributed by atoms with van der Waals surface area (Å²) in [7, 11) is 0. The SMILES string of the molecule is CC(C)CC(N)C(=O)CBr. The van der Waals surface area contributed by atoms with Gasteiger partial charge in [-0.15, -0.1) is 0 Å². The molecule has 10 heavy (non-hydrogen) atoms. The van der Waals surface area contributed by atoms with Crippen LogP contribution in [0.3, 0.4) is 0 Å². The highest BCUT2D eigenvalue weighted by Crippen LogP contribution is 2.04. The van der Waals surface area contributed by atoms with Crippen LogP contribution in [0.2, 0.25) is 0 Å². The Morgan fingerprint density at radius 3 is 2.40 bits per heavy atom. The zero-order chi connectivity index (χ0) is 8.15. The monoisotopic (exact) mass is 207 g/mol. The van der Waals surface area contributed by atoms with E-state index >= 15 is 0 Å². The summed E-state index contributed by atoms with van der Waals surface area (Å²) >= 11 is 3.08. The van der Waals surface area contributed by atoms with E-state index in [1.165, 1.54) is 0 Å². The second kappa shape index (κ2) is 4.85. The van der Waals surface area contributed by atoms with Gasteiger partial charge >= 0.3 is 0 Å². The van der Waals surface area contributed by atoms with Gasteiger partial charge in [0.25, 0.3) is 0 Å². The summed E-state index contributed by atoms with van der Waals surface area (Å²) in [5.41, 5.74) is 5.55. The first-order valence-corrected chi connectivity index (χ1v) is 4.54. The molecule has 1 atom stereocenters. The summed E-state index contributed by atoms with van der Waals surface area (Å²) in [5.74, 6) is 0.590. The van der Waals surface area contributed by atoms with Crippen LogP contribution in [0.5, 0.6) is 0 Å². The fourth-order valence-corrected chi connectivity index (χ4v) is 1.15. The lowest BCUT2D eigenvalue weighted by Crippen LogP contribution is -2.32. The van der Waals surface area contributed by atoms with Crippen LogP contribution in [0.1, 0.15) is 20.3 Å². The fraction of sp³-hybridized carbons (Fsp3) is 0.857. The molecule has 0 rings (SSSR count). The minimum atomic E-state index is -0.278. The second-order valence-electron chi connectivity index (χ2n) is 2.84. The van der Waals surface area contributed by atoms with Gasteiger partial charge in [0.05, 0.1) is 11.4 Å². The second-order valence-corrected chi connectivity index (χ2v) is 3.40. The number of carbonyl (C=O) groups is 1. The van der Waals surface area contributed by atoms with Crippen molar-refractivity contribution in [1.82, 2.24) is 0 Å². The lowest BCUT2D eigenvalue weighted by molar-refractivity contribution is -0.118. The van der Waals surface area contributed by atoms with Crippen LogP contribution in [0.4, 0.5) is 0 Å². The number of alkyl halides is 1. The summed E-state index contributed by atoms with van der Waals surface area (Å²) in [6.07, 6.45) is 0.782. The Morgan fingerprint density at radius 2 is 2.10 bits per heavy atom. The molecule has 0 spiro atoms. The number of hydrogen-bond donors (Lipinski definition) is 1. The Kier molecular flexibility index (Phi) is 4.91. The zero-order valence-corrected chi connectivity index (χ0v) is 8.02. The molecule has 0 aliphatic rings. The molecule has 0 bridgehead atoms. The lowest BCUT2D eigenvalue weighted by atomic mass is 10.0. The largest absolute Gasteiger partial charge is 0.321 e. The molecule has 0 aromatic heterocycles. The third kappa shape index (κ3) is 4.01. The van der Waals surface area contributed by atoms with Gasteiger partial charge in [0.1, 0.15) is 0 Å². The van der Waals surface area contributed by atoms with Crippen molar-refractivity contribution in [2.75, 3.05) is 5.33 Å². The zero-order valence-electron chi connectivity index (χ0n) is 6.43. The minimum Gasteiger partial charge on any atom is -0.321 e. The highest BCUT2D eigenvalue weighted by molar-refractivity contribution is 9.09. The maximum Gasteiger partial charge on any atom is 0.160 e. The van der Waals surface area contributed by atoms with Gasteiger partial charge in [0, 0.05) is 0 Å². The van der Waals surface area contributed by atoms with Crippen molar-refractivity contribution in [1.29, 1.82) is 0 Å². The first-order chi connectivity index (χ1) is 4.57. The smallest absolute Gasteiger partial charge is 0.160 e. The van der Waals surface area contributed by atoms with Gasteiger partial charge in [0.15, 0.2) is 5.78 Å². The van der Waals surface area contributed by atoms with E-state index in [4.69, 9.17) is 5.73 Å². The van der Waals surface area contributed by atoms with Crippen LogP contribution >= 0.6 is 15.9 Å². The summed E-state index contributed by atoms with van der Waals surface area (Å²) < 4.78 is 0. The summed E-state index contributed by atoms with van der Waals surface area (Å²) in [4.78, 5) is 10.9. The molecule has 0 aliphatic carbocycles. The standard InChI is InChI=1S/C7H14BrNO/c1-5(2)3-6(9)7(10)4-8/h5-6H,3-4,9H2,1-2H3. The molecule has 0 amide bonds. The molecule has 2 N–H and O–H groups in total. The van der Waals surface area contributed by atoms with Crippen molar-refractivity contribution in [3.8, 4) is 0 Å². The molecule has 0 saturated carbocycles. The number of rotatable bonds is 4. The number of hydrogen-bond acceptors (Lipinski definition) is 2. The van der Waals surface area contributed by atoms with Gasteiger partial charge in [-0.2, -0.15) is 0 Å². The van der Waals surface area contributed by atoms with E-state index in [0.29, 0.717) is 11.2 Å². The Morgan fingerprint density at radius 1 is 1.60 bits per heavy atom. The van der Waals surface area contributed by atoms with Gasteiger partial charge in [-0.1, -0.05) is 29.8 Å². The van der Waals surface area contributed by atoms with Gasteiger partial charge in [-0.25, -0.2) is 0 Å². The van der Waals surface area contributed by atoms with Crippen LogP contribution < -0.4 is 5.73 Å². The van der Waals surface area contributed by atoms with E-state index in [-0.39, 0.29) is 11.8 Å². The fourth-order valence-electron chi connectivity index (χ4n) is 0.738. The van der Waals surface area contributed by atoms with Gasteiger partial charge < -0.3 is 5.73 Å². The Hall–Kier alpha value is 0.110. The van der Waals surface area contributed by atoms with E-state index in [0.717, 1.165) is 6.42 Å². The van der Waals surface area contributed by atoms with Crippen LogP contribution in [0.25, 0.3) is 0 Å². The van der Waals surface area contributed by atoms with Crippen molar-refractivity contribution in [2.45, 2.75) is 26.3 Å². The average Bonchev–Trinajstić information content (AvgIpc) is 1.85. The van der Waals surface area contributed by atoms with Crippen molar-refractivity contribution in [3.63, 3.8) is 0 Å². The molecule has 0 radical (unpaired) electrons. The van der Waals surface area contributed by atoms with Crippen LogP contribution in [-0.4, -0.2) is 17.2 Å². The molecule has 60 valence electrons. The summed E-state index contributed by atoms with van der Waals surface area (Å²) in [6, 6.07) is -0.278. The van der Waals surface area contributed by atoms with E-state index in [1.54, 1.807) is 0 Å². The molecule has 1 unspecified atom stereocenters. The molecule has 0 saturated heterocycles. The summed E-state index contributed by atoms with van der Waals surface area (Å²) in [6.45, 7) is 4.11. The maximum absolute atomic E-state index is 10.9. The Bertz CT molecular complexity index is 114. The van der Waals surface area contributed by atoms with E-state index < -0.39 is 0 Å². The predicted octanol–water partition coefficient (Wildman–Crippen LogP) is 1.32. The van der Waals surface area contributed by atoms with Crippen LogP contribution in [-0.2, 0) is 4.79 Å². The molecular formula is C7H14BrNO. The number of nitrogens with two attached hydrogens (primary N) is 1. The average molecular weight is 208 g/mol. The van der Waals surface area contributed by atoms with E-state index in [9.17, 15) is 4.79 Å². The Balaban J connectivity index is 3.61. The molecule has 0 aromatic rings. The minimum absolute atomic E-state index is 0.0914. The number of ketones is 1. The molecule has 0 aromatic carbocycles. The Labute approximate surface area is 70.3 Å². The maximum atomic E-state index is 10.9. The number of carbonyl (C=O) groups excluding carboxylic acids is 1. The third-order valence-electron chi connectivity index (χ3n) is 1.27. The third-order valence-corrected chi connectivity index (χ3v) is 1.82. The predicted molar refractivity (Wildman–Crippen MR) is 46.2 cm³/mol. The topological polar surface area (TPSA) is 43.1 Å². The first kappa shape index (κ1) is 10.1. The van der Waals surface area contributed by atoms with Crippen molar-refractivity contribution in [2.24, 2.45) is 11.7 Å². The van der Waals surface area contributed by atoms with Gasteiger partial charge in [0.2, 0.25) is 0 Å². The highest BCUT2D eigenvalue weighted by atomic mass is 79.9. The van der Waals surface area contributed by atoms with Gasteiger partial charge in [-0.05, 0) is 12.3 Å². The van der Waals surface area contributed by atoms with Crippen molar-refractivity contribution < 1.29 is 4.79 Å². The van der Waals surface area contributed by atoms with Crippen molar-refractivity contribution >= 4 is 21.7 Å². The molecule has 0 heterocycles. The molecular weight excluding hydrogens is 194 g/mol. The van der Waals surface area contributed by atoms with Crippen LogP contribution in [0, 0.1) is 5.92 Å². The number of Topliss-reactive ketones (excluding diaryl/α,β-unsaturated/α-hetero) is 1.